The molecule has 0 saturated carbocycles. The van der Waals surface area contributed by atoms with E-state index in [2.05, 4.69) is 10.2 Å². The second-order valence-electron chi connectivity index (χ2n) is 7.50. The van der Waals surface area contributed by atoms with Crippen LogP contribution in [-0.2, 0) is 14.8 Å². The highest BCUT2D eigenvalue weighted by atomic mass is 32.2. The van der Waals surface area contributed by atoms with E-state index in [1.165, 1.54) is 40.1 Å². The molecule has 3 rings (SSSR count). The molecule has 9 heteroatoms. The van der Waals surface area contributed by atoms with Crippen molar-refractivity contribution in [2.24, 2.45) is 0 Å². The number of sulfonamides is 1. The van der Waals surface area contributed by atoms with Crippen LogP contribution in [0.25, 0.3) is 0 Å². The number of amides is 1. The van der Waals surface area contributed by atoms with Crippen molar-refractivity contribution in [2.75, 3.05) is 48.1 Å². The Bertz CT molecular complexity index is 1020. The third-order valence-corrected chi connectivity index (χ3v) is 6.55. The van der Waals surface area contributed by atoms with Gasteiger partial charge in [-0.2, -0.15) is 0 Å². The SMILES string of the molecule is COc1ccc(OC)c(N(C(C)C(=O)Nc2ccc(N3CCCC3)cc2)S(C)(=O)=O)c1. The number of hydrogen-bond donors (Lipinski definition) is 1. The van der Waals surface area contributed by atoms with Crippen molar-refractivity contribution in [3.05, 3.63) is 42.5 Å². The number of ether oxygens (including phenoxy) is 2. The van der Waals surface area contributed by atoms with E-state index in [1.54, 1.807) is 12.1 Å². The van der Waals surface area contributed by atoms with E-state index < -0.39 is 22.0 Å². The van der Waals surface area contributed by atoms with E-state index in [0.717, 1.165) is 29.3 Å². The predicted octanol–water partition coefficient (Wildman–Crippen LogP) is 3.10. The first-order valence-corrected chi connectivity index (χ1v) is 12.0. The van der Waals surface area contributed by atoms with Gasteiger partial charge in [0.15, 0.2) is 0 Å². The number of benzene rings is 2. The Labute approximate surface area is 183 Å². The summed E-state index contributed by atoms with van der Waals surface area (Å²) >= 11 is 0. The molecule has 2 aromatic carbocycles. The number of rotatable bonds is 8. The summed E-state index contributed by atoms with van der Waals surface area (Å²) in [5, 5.41) is 2.81. The summed E-state index contributed by atoms with van der Waals surface area (Å²) in [6.45, 7) is 3.61. The van der Waals surface area contributed by atoms with Gasteiger partial charge in [-0.1, -0.05) is 0 Å². The van der Waals surface area contributed by atoms with Crippen LogP contribution in [-0.4, -0.2) is 53.9 Å². The van der Waals surface area contributed by atoms with Crippen molar-refractivity contribution >= 4 is 33.0 Å². The fourth-order valence-electron chi connectivity index (χ4n) is 3.73. The summed E-state index contributed by atoms with van der Waals surface area (Å²) in [7, 11) is -0.872. The maximum absolute atomic E-state index is 13.0. The molecule has 0 radical (unpaired) electrons. The largest absolute Gasteiger partial charge is 0.497 e. The van der Waals surface area contributed by atoms with Crippen molar-refractivity contribution < 1.29 is 22.7 Å². The minimum absolute atomic E-state index is 0.233. The van der Waals surface area contributed by atoms with Crippen molar-refractivity contribution in [2.45, 2.75) is 25.8 Å². The Hall–Kier alpha value is -2.94. The van der Waals surface area contributed by atoms with Gasteiger partial charge in [-0.3, -0.25) is 9.10 Å². The molecule has 1 heterocycles. The Kier molecular flexibility index (Phi) is 6.94. The maximum Gasteiger partial charge on any atom is 0.247 e. The standard InChI is InChI=1S/C22H29N3O5S/c1-16(22(26)23-17-7-9-18(10-8-17)24-13-5-6-14-24)25(31(4,27)28)20-15-19(29-2)11-12-21(20)30-3/h7-12,15-16H,5-6,13-14H2,1-4H3,(H,23,26). The molecule has 0 aliphatic carbocycles. The lowest BCUT2D eigenvalue weighted by Crippen LogP contribution is -2.45. The van der Waals surface area contributed by atoms with Gasteiger partial charge in [0.1, 0.15) is 17.5 Å². The average molecular weight is 448 g/mol. The molecule has 0 aromatic heterocycles. The number of carbonyl (C=O) groups excluding carboxylic acids is 1. The number of hydrogen-bond acceptors (Lipinski definition) is 6. The van der Waals surface area contributed by atoms with Gasteiger partial charge in [0.25, 0.3) is 0 Å². The zero-order valence-corrected chi connectivity index (χ0v) is 19.1. The van der Waals surface area contributed by atoms with E-state index >= 15 is 0 Å². The maximum atomic E-state index is 13.0. The molecule has 1 aliphatic rings. The molecule has 31 heavy (non-hydrogen) atoms. The Balaban J connectivity index is 1.84. The van der Waals surface area contributed by atoms with E-state index in [9.17, 15) is 13.2 Å². The van der Waals surface area contributed by atoms with Crippen molar-refractivity contribution in [1.82, 2.24) is 0 Å². The zero-order chi connectivity index (χ0) is 22.6. The molecule has 0 bridgehead atoms. The molecule has 1 aliphatic heterocycles. The lowest BCUT2D eigenvalue weighted by Gasteiger charge is -2.29. The van der Waals surface area contributed by atoms with Crippen LogP contribution in [0.5, 0.6) is 11.5 Å². The quantitative estimate of drug-likeness (QED) is 0.669. The molecule has 1 fully saturated rings. The van der Waals surface area contributed by atoms with Gasteiger partial charge in [-0.05, 0) is 56.2 Å². The minimum Gasteiger partial charge on any atom is -0.497 e. The highest BCUT2D eigenvalue weighted by Gasteiger charge is 2.31. The van der Waals surface area contributed by atoms with Crippen LogP contribution in [0, 0.1) is 0 Å². The van der Waals surface area contributed by atoms with E-state index in [1.807, 2.05) is 24.3 Å². The molecule has 8 nitrogen and oxygen atoms in total. The van der Waals surface area contributed by atoms with Gasteiger partial charge in [0.2, 0.25) is 15.9 Å². The molecule has 2 aromatic rings. The van der Waals surface area contributed by atoms with Gasteiger partial charge in [-0.15, -0.1) is 0 Å². The van der Waals surface area contributed by atoms with Gasteiger partial charge >= 0.3 is 0 Å². The molecular weight excluding hydrogens is 418 g/mol. The summed E-state index contributed by atoms with van der Waals surface area (Å²) in [5.41, 5.74) is 1.95. The molecule has 1 saturated heterocycles. The van der Waals surface area contributed by atoms with Crippen molar-refractivity contribution in [3.8, 4) is 11.5 Å². The molecule has 168 valence electrons. The summed E-state index contributed by atoms with van der Waals surface area (Å²) in [4.78, 5) is 15.3. The normalized spacial score (nSPS) is 14.8. The Morgan fingerprint density at radius 3 is 2.26 bits per heavy atom. The fraction of sp³-hybridized carbons (Fsp3) is 0.409. The number of carbonyl (C=O) groups is 1. The number of methoxy groups -OCH3 is 2. The predicted molar refractivity (Wildman–Crippen MR) is 123 cm³/mol. The molecule has 0 spiro atoms. The van der Waals surface area contributed by atoms with Crippen LogP contribution in [0.15, 0.2) is 42.5 Å². The van der Waals surface area contributed by atoms with Crippen LogP contribution < -0.4 is 24.0 Å². The minimum atomic E-state index is -3.80. The second-order valence-corrected chi connectivity index (χ2v) is 9.36. The zero-order valence-electron chi connectivity index (χ0n) is 18.3. The molecule has 1 unspecified atom stereocenters. The van der Waals surface area contributed by atoms with Crippen LogP contribution in [0.3, 0.4) is 0 Å². The fourth-order valence-corrected chi connectivity index (χ4v) is 4.90. The number of nitrogens with one attached hydrogen (secondary N) is 1. The van der Waals surface area contributed by atoms with Gasteiger partial charge < -0.3 is 19.7 Å². The van der Waals surface area contributed by atoms with Gasteiger partial charge in [0, 0.05) is 30.5 Å². The second kappa shape index (κ2) is 9.47. The topological polar surface area (TPSA) is 88.2 Å². The van der Waals surface area contributed by atoms with Gasteiger partial charge in [-0.25, -0.2) is 8.42 Å². The summed E-state index contributed by atoms with van der Waals surface area (Å²) in [5.74, 6) is 0.319. The molecule has 1 N–H and O–H groups in total. The first-order chi connectivity index (χ1) is 14.7. The third-order valence-electron chi connectivity index (χ3n) is 5.32. The van der Waals surface area contributed by atoms with E-state index in [0.29, 0.717) is 17.2 Å². The highest BCUT2D eigenvalue weighted by molar-refractivity contribution is 7.92. The number of nitrogens with zero attached hydrogens (tertiary/aromatic N) is 2. The first-order valence-electron chi connectivity index (χ1n) is 10.1. The summed E-state index contributed by atoms with van der Waals surface area (Å²) in [6, 6.07) is 11.4. The van der Waals surface area contributed by atoms with Crippen LogP contribution in [0.4, 0.5) is 17.1 Å². The van der Waals surface area contributed by atoms with Crippen LogP contribution in [0.2, 0.25) is 0 Å². The van der Waals surface area contributed by atoms with Crippen molar-refractivity contribution in [1.29, 1.82) is 0 Å². The summed E-state index contributed by atoms with van der Waals surface area (Å²) in [6.07, 6.45) is 3.43. The first kappa shape index (κ1) is 22.7. The van der Waals surface area contributed by atoms with Gasteiger partial charge in [0.05, 0.1) is 26.2 Å². The van der Waals surface area contributed by atoms with E-state index in [4.69, 9.17) is 9.47 Å². The van der Waals surface area contributed by atoms with Crippen LogP contribution in [0.1, 0.15) is 19.8 Å². The third kappa shape index (κ3) is 5.22. The highest BCUT2D eigenvalue weighted by Crippen LogP contribution is 2.35. The smallest absolute Gasteiger partial charge is 0.247 e. The van der Waals surface area contributed by atoms with E-state index in [-0.39, 0.29) is 5.69 Å². The Morgan fingerprint density at radius 1 is 1.06 bits per heavy atom. The van der Waals surface area contributed by atoms with Crippen LogP contribution >= 0.6 is 0 Å². The molecular formula is C22H29N3O5S. The van der Waals surface area contributed by atoms with Crippen molar-refractivity contribution in [3.63, 3.8) is 0 Å². The lowest BCUT2D eigenvalue weighted by molar-refractivity contribution is -0.116. The molecule has 1 atom stereocenters. The number of anilines is 3. The average Bonchev–Trinajstić information content (AvgIpc) is 3.28. The monoisotopic (exact) mass is 447 g/mol. The Morgan fingerprint density at radius 2 is 1.71 bits per heavy atom. The summed E-state index contributed by atoms with van der Waals surface area (Å²) < 4.78 is 36.9. The molecule has 1 amide bonds. The lowest BCUT2D eigenvalue weighted by atomic mass is 10.2.